The lowest BCUT2D eigenvalue weighted by Gasteiger charge is -2.30. The molecule has 9 heteroatoms. The maximum atomic E-state index is 12.8. The molecule has 4 rings (SSSR count). The molecular formula is C23H27ClN4O3S. The van der Waals surface area contributed by atoms with Crippen LogP contribution >= 0.6 is 11.6 Å². The van der Waals surface area contributed by atoms with Crippen LogP contribution in [-0.4, -0.2) is 39.8 Å². The van der Waals surface area contributed by atoms with E-state index in [4.69, 9.17) is 11.6 Å². The summed E-state index contributed by atoms with van der Waals surface area (Å²) in [7, 11) is -3.76. The van der Waals surface area contributed by atoms with Gasteiger partial charge in [-0.15, -0.1) is 0 Å². The monoisotopic (exact) mass is 474 g/mol. The smallest absolute Gasteiger partial charge is 0.262 e. The number of carbonyl (C=O) groups is 1. The quantitative estimate of drug-likeness (QED) is 0.685. The van der Waals surface area contributed by atoms with Gasteiger partial charge in [-0.1, -0.05) is 24.1 Å². The minimum absolute atomic E-state index is 0.0974. The Morgan fingerprint density at radius 1 is 1.06 bits per heavy atom. The first-order valence-electron chi connectivity index (χ1n) is 10.9. The largest absolute Gasteiger partial charge is 0.362 e. The third-order valence-electron chi connectivity index (χ3n) is 5.65. The number of amides is 1. The first-order valence-corrected chi connectivity index (χ1v) is 12.8. The maximum Gasteiger partial charge on any atom is 0.262 e. The second kappa shape index (κ2) is 9.92. The molecule has 7 nitrogen and oxygen atoms in total. The molecular weight excluding hydrogens is 448 g/mol. The number of anilines is 2. The average molecular weight is 475 g/mol. The number of hydrogen-bond acceptors (Lipinski definition) is 5. The van der Waals surface area contributed by atoms with Crippen molar-refractivity contribution in [1.82, 2.24) is 4.72 Å². The number of nitrogens with one attached hydrogen (secondary N) is 2. The highest BCUT2D eigenvalue weighted by Crippen LogP contribution is 2.29. The zero-order valence-electron chi connectivity index (χ0n) is 17.8. The van der Waals surface area contributed by atoms with Crippen LogP contribution in [0.25, 0.3) is 0 Å². The van der Waals surface area contributed by atoms with Gasteiger partial charge in [0, 0.05) is 35.9 Å². The molecule has 2 aromatic rings. The van der Waals surface area contributed by atoms with Crippen molar-refractivity contribution in [3.63, 3.8) is 0 Å². The Kier molecular flexibility index (Phi) is 7.01. The molecule has 0 spiro atoms. The average Bonchev–Trinajstić information content (AvgIpc) is 3.02. The van der Waals surface area contributed by atoms with E-state index in [0.29, 0.717) is 29.5 Å². The minimum atomic E-state index is -3.76. The molecule has 0 aromatic heterocycles. The number of benzene rings is 2. The van der Waals surface area contributed by atoms with Crippen molar-refractivity contribution in [3.05, 3.63) is 53.1 Å². The van der Waals surface area contributed by atoms with Crippen LogP contribution in [-0.2, 0) is 21.2 Å². The number of aliphatic imine (C=N–C) groups is 1. The van der Waals surface area contributed by atoms with Gasteiger partial charge in [0.2, 0.25) is 5.91 Å². The minimum Gasteiger partial charge on any atom is -0.362 e. The molecule has 2 aliphatic heterocycles. The van der Waals surface area contributed by atoms with E-state index < -0.39 is 10.0 Å². The first-order chi connectivity index (χ1) is 15.4. The molecule has 0 bridgehead atoms. The summed E-state index contributed by atoms with van der Waals surface area (Å²) in [5, 5.41) is 3.52. The van der Waals surface area contributed by atoms with Crippen LogP contribution in [0.5, 0.6) is 0 Å². The second-order valence-corrected chi connectivity index (χ2v) is 10.2. The summed E-state index contributed by atoms with van der Waals surface area (Å²) in [6.45, 7) is 1.60. The first kappa shape index (κ1) is 22.6. The Balaban J connectivity index is 1.43. The van der Waals surface area contributed by atoms with Crippen molar-refractivity contribution in [2.24, 2.45) is 4.99 Å². The third-order valence-corrected chi connectivity index (χ3v) is 7.26. The van der Waals surface area contributed by atoms with Gasteiger partial charge in [-0.3, -0.25) is 14.5 Å². The highest BCUT2D eigenvalue weighted by Gasteiger charge is 2.21. The predicted octanol–water partition coefficient (Wildman–Crippen LogP) is 3.98. The SMILES string of the molecule is O=C(CN1CCCc2cc(Cl)ccc21)Nc1cccc(S(=O)(=O)NC2=NCCCCC2)c1. The Hall–Kier alpha value is -2.58. The number of nitrogens with zero attached hydrogens (tertiary/aromatic N) is 2. The van der Waals surface area contributed by atoms with Gasteiger partial charge in [0.15, 0.2) is 0 Å². The number of fused-ring (bicyclic) bond motifs is 1. The Bertz CT molecular complexity index is 1130. The number of sulfonamides is 1. The number of hydrogen-bond donors (Lipinski definition) is 2. The lowest BCUT2D eigenvalue weighted by molar-refractivity contribution is -0.115. The molecule has 1 amide bonds. The fourth-order valence-corrected chi connectivity index (χ4v) is 5.42. The summed E-state index contributed by atoms with van der Waals surface area (Å²) in [6.07, 6.45) is 5.45. The standard InChI is InChI=1S/C23H27ClN4O3S/c24-18-10-11-21-17(14-18)6-5-13-28(21)16-23(29)26-19-7-4-8-20(15-19)32(30,31)27-22-9-2-1-3-12-25-22/h4,7-8,10-11,14-15H,1-3,5-6,9,12-13,16H2,(H,25,27)(H,26,29). The molecule has 0 aliphatic carbocycles. The van der Waals surface area contributed by atoms with Gasteiger partial charge in [0.1, 0.15) is 5.84 Å². The lowest BCUT2D eigenvalue weighted by Crippen LogP contribution is -2.36. The Morgan fingerprint density at radius 2 is 1.94 bits per heavy atom. The van der Waals surface area contributed by atoms with E-state index in [1.165, 1.54) is 12.1 Å². The topological polar surface area (TPSA) is 90.9 Å². The van der Waals surface area contributed by atoms with Crippen molar-refractivity contribution in [3.8, 4) is 0 Å². The van der Waals surface area contributed by atoms with Crippen LogP contribution in [0, 0.1) is 0 Å². The van der Waals surface area contributed by atoms with Gasteiger partial charge in [0.25, 0.3) is 10.0 Å². The van der Waals surface area contributed by atoms with Crippen molar-refractivity contribution >= 4 is 44.7 Å². The predicted molar refractivity (Wildman–Crippen MR) is 128 cm³/mol. The normalized spacial score (nSPS) is 16.5. The van der Waals surface area contributed by atoms with E-state index >= 15 is 0 Å². The van der Waals surface area contributed by atoms with Crippen LogP contribution in [0.1, 0.15) is 37.7 Å². The summed E-state index contributed by atoms with van der Waals surface area (Å²) >= 11 is 6.10. The van der Waals surface area contributed by atoms with Gasteiger partial charge in [-0.05, 0) is 67.6 Å². The zero-order chi connectivity index (χ0) is 22.6. The van der Waals surface area contributed by atoms with Crippen molar-refractivity contribution < 1.29 is 13.2 Å². The molecule has 2 heterocycles. The molecule has 170 valence electrons. The van der Waals surface area contributed by atoms with Crippen LogP contribution < -0.4 is 14.9 Å². The number of aryl methyl sites for hydroxylation is 1. The van der Waals surface area contributed by atoms with Crippen LogP contribution in [0.15, 0.2) is 52.4 Å². The van der Waals surface area contributed by atoms with Gasteiger partial charge in [-0.2, -0.15) is 0 Å². The second-order valence-electron chi connectivity index (χ2n) is 8.12. The molecule has 0 unspecified atom stereocenters. The van der Waals surface area contributed by atoms with E-state index in [2.05, 4.69) is 15.0 Å². The molecule has 2 aromatic carbocycles. The van der Waals surface area contributed by atoms with Gasteiger partial charge >= 0.3 is 0 Å². The number of rotatable bonds is 5. The molecule has 2 aliphatic rings. The summed E-state index contributed by atoms with van der Waals surface area (Å²) in [5.74, 6) is 0.296. The van der Waals surface area contributed by atoms with Crippen LogP contribution in [0.3, 0.4) is 0 Å². The molecule has 0 atom stereocenters. The third kappa shape index (κ3) is 5.61. The summed E-state index contributed by atoms with van der Waals surface area (Å²) in [4.78, 5) is 19.2. The Labute approximate surface area is 193 Å². The highest BCUT2D eigenvalue weighted by molar-refractivity contribution is 7.90. The summed E-state index contributed by atoms with van der Waals surface area (Å²) in [6, 6.07) is 12.0. The zero-order valence-corrected chi connectivity index (χ0v) is 19.4. The molecule has 0 saturated heterocycles. The van der Waals surface area contributed by atoms with Gasteiger partial charge in [0.05, 0.1) is 11.4 Å². The van der Waals surface area contributed by atoms with E-state index in [1.54, 1.807) is 12.1 Å². The highest BCUT2D eigenvalue weighted by atomic mass is 35.5. The van der Waals surface area contributed by atoms with E-state index in [-0.39, 0.29) is 17.3 Å². The van der Waals surface area contributed by atoms with Gasteiger partial charge in [-0.25, -0.2) is 8.42 Å². The van der Waals surface area contributed by atoms with Crippen LogP contribution in [0.2, 0.25) is 5.02 Å². The summed E-state index contributed by atoms with van der Waals surface area (Å²) in [5.41, 5.74) is 2.59. The number of amidine groups is 1. The molecule has 0 radical (unpaired) electrons. The van der Waals surface area contributed by atoms with E-state index in [1.807, 2.05) is 23.1 Å². The van der Waals surface area contributed by atoms with Crippen molar-refractivity contribution in [2.75, 3.05) is 29.9 Å². The Morgan fingerprint density at radius 3 is 2.81 bits per heavy atom. The molecule has 0 fully saturated rings. The van der Waals surface area contributed by atoms with Crippen molar-refractivity contribution in [1.29, 1.82) is 0 Å². The fourth-order valence-electron chi connectivity index (χ4n) is 4.09. The van der Waals surface area contributed by atoms with Crippen molar-refractivity contribution in [2.45, 2.75) is 43.4 Å². The molecule has 32 heavy (non-hydrogen) atoms. The summed E-state index contributed by atoms with van der Waals surface area (Å²) < 4.78 is 28.2. The van der Waals surface area contributed by atoms with E-state index in [0.717, 1.165) is 49.9 Å². The molecule has 2 N–H and O–H groups in total. The number of carbonyl (C=O) groups excluding carboxylic acids is 1. The maximum absolute atomic E-state index is 12.8. The fraction of sp³-hybridized carbons (Fsp3) is 0.391. The van der Waals surface area contributed by atoms with Gasteiger partial charge < -0.3 is 10.2 Å². The number of halogens is 1. The van der Waals surface area contributed by atoms with E-state index in [9.17, 15) is 13.2 Å². The lowest BCUT2D eigenvalue weighted by atomic mass is 10.0. The van der Waals surface area contributed by atoms with Crippen LogP contribution in [0.4, 0.5) is 11.4 Å². The molecule has 0 saturated carbocycles.